The number of urea groups is 1. The molecule has 1 N–H and O–H groups in total. The number of carbonyl (C=O) groups excluding carboxylic acids is 1. The Kier molecular flexibility index (Phi) is 4.60. The highest BCUT2D eigenvalue weighted by atomic mass is 16.5. The highest BCUT2D eigenvalue weighted by Gasteiger charge is 2.33. The van der Waals surface area contributed by atoms with Crippen molar-refractivity contribution in [3.05, 3.63) is 46.8 Å². The van der Waals surface area contributed by atoms with Gasteiger partial charge in [-0.2, -0.15) is 0 Å². The van der Waals surface area contributed by atoms with E-state index >= 15 is 0 Å². The predicted molar refractivity (Wildman–Crippen MR) is 94.2 cm³/mol. The van der Waals surface area contributed by atoms with Gasteiger partial charge in [-0.25, -0.2) is 4.79 Å². The number of benzene rings is 1. The summed E-state index contributed by atoms with van der Waals surface area (Å²) in [6.07, 6.45) is 1.88. The number of rotatable bonds is 3. The summed E-state index contributed by atoms with van der Waals surface area (Å²) >= 11 is 0. The number of carbonyl (C=O) groups is 1. The lowest BCUT2D eigenvalue weighted by atomic mass is 10.1. The Morgan fingerprint density at radius 3 is 2.75 bits per heavy atom. The van der Waals surface area contributed by atoms with Crippen molar-refractivity contribution in [3.8, 4) is 0 Å². The molecule has 1 aliphatic rings. The second kappa shape index (κ2) is 6.67. The molecule has 2 heterocycles. The van der Waals surface area contributed by atoms with Gasteiger partial charge in [-0.1, -0.05) is 25.1 Å². The first-order valence-corrected chi connectivity index (χ1v) is 8.57. The molecule has 0 spiro atoms. The third-order valence-corrected chi connectivity index (χ3v) is 4.74. The molecule has 3 rings (SSSR count). The Morgan fingerprint density at radius 1 is 1.29 bits per heavy atom. The van der Waals surface area contributed by atoms with Crippen LogP contribution in [0.4, 0.5) is 10.5 Å². The van der Waals surface area contributed by atoms with Crippen LogP contribution < -0.4 is 5.32 Å². The molecule has 0 saturated carbocycles. The van der Waals surface area contributed by atoms with Gasteiger partial charge in [-0.05, 0) is 55.9 Å². The Hall–Kier alpha value is -2.30. The summed E-state index contributed by atoms with van der Waals surface area (Å²) in [6.45, 7) is 9.01. The number of hydrogen-bond donors (Lipinski definition) is 1. The highest BCUT2D eigenvalue weighted by Crippen LogP contribution is 2.33. The third-order valence-electron chi connectivity index (χ3n) is 4.74. The minimum Gasteiger partial charge on any atom is -0.359 e. The monoisotopic (exact) mass is 327 g/mol. The van der Waals surface area contributed by atoms with Gasteiger partial charge < -0.3 is 14.7 Å². The first kappa shape index (κ1) is 16.6. The van der Waals surface area contributed by atoms with Gasteiger partial charge in [0.2, 0.25) is 0 Å². The van der Waals surface area contributed by atoms with E-state index in [1.165, 1.54) is 11.1 Å². The molecule has 128 valence electrons. The van der Waals surface area contributed by atoms with E-state index in [9.17, 15) is 4.79 Å². The lowest BCUT2D eigenvalue weighted by molar-refractivity contribution is 0.195. The average Bonchev–Trinajstić information content (AvgIpc) is 3.18. The maximum atomic E-state index is 12.7. The van der Waals surface area contributed by atoms with Crippen molar-refractivity contribution in [2.24, 2.45) is 0 Å². The number of anilines is 1. The molecule has 1 aromatic heterocycles. The van der Waals surface area contributed by atoms with Gasteiger partial charge in [0.05, 0.1) is 11.7 Å². The zero-order valence-corrected chi connectivity index (χ0v) is 14.8. The highest BCUT2D eigenvalue weighted by molar-refractivity contribution is 5.90. The van der Waals surface area contributed by atoms with Crippen LogP contribution >= 0.6 is 0 Å². The molecule has 24 heavy (non-hydrogen) atoms. The average molecular weight is 327 g/mol. The van der Waals surface area contributed by atoms with E-state index in [1.807, 2.05) is 36.1 Å². The largest absolute Gasteiger partial charge is 0.359 e. The number of aromatic nitrogens is 1. The van der Waals surface area contributed by atoms with Crippen LogP contribution in [0, 0.1) is 13.8 Å². The lowest BCUT2D eigenvalue weighted by Gasteiger charge is -2.23. The van der Waals surface area contributed by atoms with Gasteiger partial charge >= 0.3 is 6.03 Å². The van der Waals surface area contributed by atoms with E-state index in [4.69, 9.17) is 4.52 Å². The number of aryl methyl sites for hydroxylation is 2. The standard InChI is InChI=1S/C19H25N3O2/c1-12(2)16-11-18(24-21-16)17-6-5-9-22(17)19(23)20-15-8-7-13(3)14(4)10-15/h7-8,10-12,17H,5-6,9H2,1-4H3,(H,20,23)/t17-/m0/s1. The molecule has 0 unspecified atom stereocenters. The topological polar surface area (TPSA) is 58.4 Å². The number of amides is 2. The van der Waals surface area contributed by atoms with Crippen molar-refractivity contribution in [1.82, 2.24) is 10.1 Å². The van der Waals surface area contributed by atoms with Gasteiger partial charge in [-0.3, -0.25) is 0 Å². The fourth-order valence-electron chi connectivity index (χ4n) is 3.05. The second-order valence-corrected chi connectivity index (χ2v) is 6.89. The molecule has 1 atom stereocenters. The minimum absolute atomic E-state index is 0.0310. The molecule has 0 bridgehead atoms. The van der Waals surface area contributed by atoms with E-state index in [2.05, 4.69) is 31.2 Å². The van der Waals surface area contributed by atoms with Crippen LogP contribution in [-0.2, 0) is 0 Å². The smallest absolute Gasteiger partial charge is 0.322 e. The van der Waals surface area contributed by atoms with E-state index in [1.54, 1.807) is 0 Å². The molecular formula is C19H25N3O2. The summed E-state index contributed by atoms with van der Waals surface area (Å²) in [4.78, 5) is 14.5. The first-order chi connectivity index (χ1) is 11.5. The summed E-state index contributed by atoms with van der Waals surface area (Å²) in [5.74, 6) is 1.10. The summed E-state index contributed by atoms with van der Waals surface area (Å²) < 4.78 is 5.50. The maximum absolute atomic E-state index is 12.7. The number of likely N-dealkylation sites (tertiary alicyclic amines) is 1. The van der Waals surface area contributed by atoms with Crippen LogP contribution in [0.3, 0.4) is 0 Å². The van der Waals surface area contributed by atoms with Crippen molar-refractivity contribution in [2.45, 2.75) is 52.5 Å². The SMILES string of the molecule is Cc1ccc(NC(=O)N2CCC[C@H]2c2cc(C(C)C)no2)cc1C. The minimum atomic E-state index is -0.0803. The fraction of sp³-hybridized carbons (Fsp3) is 0.474. The van der Waals surface area contributed by atoms with Crippen LogP contribution in [0.15, 0.2) is 28.8 Å². The van der Waals surface area contributed by atoms with Crippen molar-refractivity contribution in [1.29, 1.82) is 0 Å². The third kappa shape index (κ3) is 3.30. The van der Waals surface area contributed by atoms with E-state index in [0.717, 1.165) is 36.5 Å². The van der Waals surface area contributed by atoms with Crippen LogP contribution in [0.1, 0.15) is 61.2 Å². The molecule has 0 aliphatic carbocycles. The van der Waals surface area contributed by atoms with E-state index < -0.39 is 0 Å². The maximum Gasteiger partial charge on any atom is 0.322 e. The van der Waals surface area contributed by atoms with Crippen LogP contribution in [0.5, 0.6) is 0 Å². The van der Waals surface area contributed by atoms with Gasteiger partial charge in [0.1, 0.15) is 0 Å². The molecule has 5 nitrogen and oxygen atoms in total. The zero-order valence-electron chi connectivity index (χ0n) is 14.8. The summed E-state index contributed by atoms with van der Waals surface area (Å²) in [7, 11) is 0. The van der Waals surface area contributed by atoms with Gasteiger partial charge in [0.25, 0.3) is 0 Å². The predicted octanol–water partition coefficient (Wildman–Crippen LogP) is 4.78. The number of nitrogens with zero attached hydrogens (tertiary/aromatic N) is 2. The molecule has 5 heteroatoms. The molecule has 2 aromatic rings. The van der Waals surface area contributed by atoms with Crippen LogP contribution in [0.25, 0.3) is 0 Å². The fourth-order valence-corrected chi connectivity index (χ4v) is 3.05. The summed E-state index contributed by atoms with van der Waals surface area (Å²) in [6, 6.07) is 7.84. The Labute approximate surface area is 143 Å². The normalized spacial score (nSPS) is 17.5. The van der Waals surface area contributed by atoms with E-state index in [-0.39, 0.29) is 12.1 Å². The van der Waals surface area contributed by atoms with Crippen molar-refractivity contribution in [2.75, 3.05) is 11.9 Å². The zero-order chi connectivity index (χ0) is 17.3. The Morgan fingerprint density at radius 2 is 2.08 bits per heavy atom. The van der Waals surface area contributed by atoms with Gasteiger partial charge in [-0.15, -0.1) is 0 Å². The molecule has 1 saturated heterocycles. The van der Waals surface area contributed by atoms with Gasteiger partial charge in [0, 0.05) is 18.3 Å². The Balaban J connectivity index is 1.74. The lowest BCUT2D eigenvalue weighted by Crippen LogP contribution is -2.34. The number of hydrogen-bond acceptors (Lipinski definition) is 3. The van der Waals surface area contributed by atoms with Gasteiger partial charge in [0.15, 0.2) is 5.76 Å². The molecule has 1 aromatic carbocycles. The first-order valence-electron chi connectivity index (χ1n) is 8.57. The van der Waals surface area contributed by atoms with Crippen molar-refractivity contribution < 1.29 is 9.32 Å². The van der Waals surface area contributed by atoms with Crippen LogP contribution in [0.2, 0.25) is 0 Å². The van der Waals surface area contributed by atoms with Crippen molar-refractivity contribution in [3.63, 3.8) is 0 Å². The molecule has 1 aliphatic heterocycles. The Bertz CT molecular complexity index is 736. The summed E-state index contributed by atoms with van der Waals surface area (Å²) in [5, 5.41) is 7.13. The molecular weight excluding hydrogens is 302 g/mol. The quantitative estimate of drug-likeness (QED) is 0.882. The van der Waals surface area contributed by atoms with Crippen molar-refractivity contribution >= 4 is 11.7 Å². The molecule has 2 amide bonds. The van der Waals surface area contributed by atoms with E-state index in [0.29, 0.717) is 5.92 Å². The molecule has 1 fully saturated rings. The number of nitrogens with one attached hydrogen (secondary N) is 1. The van der Waals surface area contributed by atoms with Crippen LogP contribution in [-0.4, -0.2) is 22.6 Å². The molecule has 0 radical (unpaired) electrons. The summed E-state index contributed by atoms with van der Waals surface area (Å²) in [5.41, 5.74) is 4.15. The second-order valence-electron chi connectivity index (χ2n) is 6.89.